The van der Waals surface area contributed by atoms with Crippen LogP contribution in [0.3, 0.4) is 0 Å². The van der Waals surface area contributed by atoms with Crippen molar-refractivity contribution in [2.45, 2.75) is 161 Å². The van der Waals surface area contributed by atoms with Crippen molar-refractivity contribution in [3.05, 3.63) is 85.1 Å². The molecular weight excluding hydrogens is 729 g/mol. The molecule has 0 bridgehead atoms. The third kappa shape index (κ3) is 33.3. The summed E-state index contributed by atoms with van der Waals surface area (Å²) in [5.41, 5.74) is 5.34. The number of carbonyl (C=O) groups is 2. The smallest absolute Gasteiger partial charge is 0.462 e. The summed E-state index contributed by atoms with van der Waals surface area (Å²) < 4.78 is 38.4. The lowest BCUT2D eigenvalue weighted by atomic mass is 10.1. The van der Waals surface area contributed by atoms with Crippen molar-refractivity contribution in [2.75, 3.05) is 26.4 Å². The highest BCUT2D eigenvalue weighted by atomic mass is 31.2. The quantitative estimate of drug-likeness (QED) is 0.0204. The maximum atomic E-state index is 12.6. The van der Waals surface area contributed by atoms with Crippen LogP contribution in [0.25, 0.3) is 0 Å². The lowest BCUT2D eigenvalue weighted by molar-refractivity contribution is -0.161. The Morgan fingerprint density at radius 2 is 1.14 bits per heavy atom. The Hall–Kier alpha value is -2.85. The number of hydrogen-bond acceptors (Lipinski definition) is 9. The van der Waals surface area contributed by atoms with Gasteiger partial charge in [-0.1, -0.05) is 125 Å². The van der Waals surface area contributed by atoms with E-state index in [0.717, 1.165) is 57.8 Å². The molecule has 1 aliphatic heterocycles. The van der Waals surface area contributed by atoms with Gasteiger partial charge in [-0.3, -0.25) is 18.6 Å². The van der Waals surface area contributed by atoms with Crippen LogP contribution in [0.15, 0.2) is 85.1 Å². The number of nitrogens with two attached hydrogens (primary N) is 1. The number of esters is 2. The summed E-state index contributed by atoms with van der Waals surface area (Å²) in [5.74, 6) is -0.980. The molecule has 0 aromatic carbocycles. The molecule has 1 fully saturated rings. The van der Waals surface area contributed by atoms with E-state index in [2.05, 4.69) is 92.8 Å². The second kappa shape index (κ2) is 36.5. The first-order chi connectivity index (χ1) is 27.3. The number of ether oxygens (including phenoxy) is 3. The third-order valence-corrected chi connectivity index (χ3v) is 9.66. The molecule has 0 aromatic heterocycles. The van der Waals surface area contributed by atoms with E-state index >= 15 is 0 Å². The van der Waals surface area contributed by atoms with Gasteiger partial charge in [0.2, 0.25) is 0 Å². The highest BCUT2D eigenvalue weighted by Gasteiger charge is 2.36. The van der Waals surface area contributed by atoms with Crippen LogP contribution in [-0.2, 0) is 37.4 Å². The molecule has 4 atom stereocenters. The number of allylic oxidation sites excluding steroid dienone is 13. The molecule has 56 heavy (non-hydrogen) atoms. The fourth-order valence-electron chi connectivity index (χ4n) is 5.42. The molecular formula is C45H74NO9P. The number of phosphoric ester groups is 1. The third-order valence-electron chi connectivity index (χ3n) is 8.68. The molecule has 10 nitrogen and oxygen atoms in total. The second-order valence-electron chi connectivity index (χ2n) is 13.9. The zero-order valence-corrected chi connectivity index (χ0v) is 35.4. The molecule has 0 radical (unpaired) electrons. The van der Waals surface area contributed by atoms with Crippen molar-refractivity contribution in [1.29, 1.82) is 0 Å². The predicted molar refractivity (Wildman–Crippen MR) is 228 cm³/mol. The van der Waals surface area contributed by atoms with Gasteiger partial charge in [0.25, 0.3) is 0 Å². The number of epoxide rings is 1. The average molecular weight is 804 g/mol. The van der Waals surface area contributed by atoms with E-state index in [1.54, 1.807) is 0 Å². The Bertz CT molecular complexity index is 1260. The van der Waals surface area contributed by atoms with Gasteiger partial charge in [0.05, 0.1) is 25.4 Å². The van der Waals surface area contributed by atoms with Crippen LogP contribution >= 0.6 is 7.82 Å². The molecule has 0 saturated carbocycles. The van der Waals surface area contributed by atoms with Crippen molar-refractivity contribution in [3.63, 3.8) is 0 Å². The highest BCUT2D eigenvalue weighted by molar-refractivity contribution is 7.47. The van der Waals surface area contributed by atoms with Crippen molar-refractivity contribution in [3.8, 4) is 0 Å². The Morgan fingerprint density at radius 1 is 0.643 bits per heavy atom. The fraction of sp³-hybridized carbons (Fsp3) is 0.644. The van der Waals surface area contributed by atoms with E-state index in [4.69, 9.17) is 29.0 Å². The molecule has 0 amide bonds. The summed E-state index contributed by atoms with van der Waals surface area (Å²) in [5, 5.41) is 0. The van der Waals surface area contributed by atoms with Gasteiger partial charge >= 0.3 is 19.8 Å². The first kappa shape index (κ1) is 51.2. The van der Waals surface area contributed by atoms with Crippen molar-refractivity contribution >= 4 is 19.8 Å². The minimum Gasteiger partial charge on any atom is -0.462 e. The standard InChI is InChI=1S/C45H74NO9P/c1-3-5-7-9-11-13-15-17-18-19-20-21-23-25-27-29-31-35-45(48)54-41(40-53-56(49,50)52-38-37-46)39-51-44(47)36-32-34-43-42(55-43)33-30-28-26-24-22-16-14-12-10-8-6-4-2/h11-14,17-18,20-22,24-25,27-28,30,41-43H,3-10,15-16,19,23,26,29,31-40,46H2,1-2H3,(H,49,50)/b13-11-,14-12-,18-17-,21-20-,24-22-,27-25-,30-28-/t41-,42?,43?/m1/s1. The average Bonchev–Trinajstić information content (AvgIpc) is 3.94. The van der Waals surface area contributed by atoms with Crippen LogP contribution in [0, 0.1) is 0 Å². The van der Waals surface area contributed by atoms with Crippen LogP contribution in [0.4, 0.5) is 0 Å². The van der Waals surface area contributed by atoms with Crippen LogP contribution in [-0.4, -0.2) is 61.5 Å². The van der Waals surface area contributed by atoms with Gasteiger partial charge in [-0.05, 0) is 89.9 Å². The second-order valence-corrected chi connectivity index (χ2v) is 15.3. The van der Waals surface area contributed by atoms with Crippen molar-refractivity contribution in [2.24, 2.45) is 5.73 Å². The van der Waals surface area contributed by atoms with E-state index in [0.29, 0.717) is 19.3 Å². The minimum atomic E-state index is -4.42. The van der Waals surface area contributed by atoms with Crippen molar-refractivity contribution in [1.82, 2.24) is 0 Å². The van der Waals surface area contributed by atoms with Gasteiger partial charge in [0.15, 0.2) is 6.10 Å². The summed E-state index contributed by atoms with van der Waals surface area (Å²) in [6, 6.07) is 0. The lowest BCUT2D eigenvalue weighted by Gasteiger charge is -2.19. The monoisotopic (exact) mass is 804 g/mol. The van der Waals surface area contributed by atoms with E-state index in [1.807, 2.05) is 6.08 Å². The molecule has 0 aliphatic carbocycles. The molecule has 0 aromatic rings. The van der Waals surface area contributed by atoms with Crippen molar-refractivity contribution < 1.29 is 42.3 Å². The largest absolute Gasteiger partial charge is 0.472 e. The van der Waals surface area contributed by atoms with Crippen LogP contribution < -0.4 is 5.73 Å². The molecule has 318 valence electrons. The topological polar surface area (TPSA) is 147 Å². The SMILES string of the molecule is CCCCC/C=C\C/C=C\C/C=C\C/C=C\CCCC(=O)O[C@H](COC(=O)CCCC1OC1C/C=C\C/C=C\C/C=C\CCCCC)COP(=O)(O)OCCN. The normalized spacial score (nSPS) is 17.8. The Kier molecular flexibility index (Phi) is 33.3. The van der Waals surface area contributed by atoms with E-state index < -0.39 is 32.5 Å². The molecule has 1 rings (SSSR count). The van der Waals surface area contributed by atoms with E-state index in [9.17, 15) is 19.0 Å². The molecule has 1 saturated heterocycles. The van der Waals surface area contributed by atoms with E-state index in [-0.39, 0.29) is 44.8 Å². The number of hydrogen-bond donors (Lipinski definition) is 2. The summed E-state index contributed by atoms with van der Waals surface area (Å²) >= 11 is 0. The summed E-state index contributed by atoms with van der Waals surface area (Å²) in [6.07, 6.45) is 47.8. The molecule has 1 heterocycles. The van der Waals surface area contributed by atoms with Gasteiger partial charge in [-0.15, -0.1) is 0 Å². The first-order valence-corrected chi connectivity index (χ1v) is 22.7. The molecule has 0 spiro atoms. The fourth-order valence-corrected chi connectivity index (χ4v) is 6.18. The zero-order chi connectivity index (χ0) is 40.8. The maximum absolute atomic E-state index is 12.6. The number of rotatable bonds is 37. The maximum Gasteiger partial charge on any atom is 0.472 e. The molecule has 3 unspecified atom stereocenters. The van der Waals surface area contributed by atoms with Gasteiger partial charge in [0, 0.05) is 19.4 Å². The van der Waals surface area contributed by atoms with Gasteiger partial charge < -0.3 is 24.8 Å². The first-order valence-electron chi connectivity index (χ1n) is 21.2. The Balaban J connectivity index is 2.30. The van der Waals surface area contributed by atoms with Crippen LogP contribution in [0.2, 0.25) is 0 Å². The zero-order valence-electron chi connectivity index (χ0n) is 34.5. The minimum absolute atomic E-state index is 0.0297. The Morgan fingerprint density at radius 3 is 1.68 bits per heavy atom. The van der Waals surface area contributed by atoms with Crippen LogP contribution in [0.5, 0.6) is 0 Å². The highest BCUT2D eigenvalue weighted by Crippen LogP contribution is 2.43. The number of carbonyl (C=O) groups excluding carboxylic acids is 2. The summed E-state index contributed by atoms with van der Waals surface area (Å²) in [7, 11) is -4.42. The molecule has 1 aliphatic rings. The van der Waals surface area contributed by atoms with Gasteiger partial charge in [-0.25, -0.2) is 4.57 Å². The summed E-state index contributed by atoms with van der Waals surface area (Å²) in [6.45, 7) is 3.50. The lowest BCUT2D eigenvalue weighted by Crippen LogP contribution is -2.29. The molecule has 3 N–H and O–H groups in total. The summed E-state index contributed by atoms with van der Waals surface area (Å²) in [4.78, 5) is 34.9. The number of phosphoric acid groups is 1. The molecule has 11 heteroatoms. The Labute approximate surface area is 339 Å². The van der Waals surface area contributed by atoms with Crippen LogP contribution in [0.1, 0.15) is 142 Å². The van der Waals surface area contributed by atoms with Gasteiger partial charge in [0.1, 0.15) is 6.61 Å². The number of unbranched alkanes of at least 4 members (excludes halogenated alkanes) is 7. The van der Waals surface area contributed by atoms with E-state index in [1.165, 1.54) is 38.5 Å². The predicted octanol–water partition coefficient (Wildman–Crippen LogP) is 11.0. The van der Waals surface area contributed by atoms with Gasteiger partial charge in [-0.2, -0.15) is 0 Å².